The van der Waals surface area contributed by atoms with E-state index >= 15 is 0 Å². The Hall–Kier alpha value is -1.34. The van der Waals surface area contributed by atoms with E-state index < -0.39 is 11.7 Å². The van der Waals surface area contributed by atoms with Crippen molar-refractivity contribution in [3.05, 3.63) is 35.4 Å². The van der Waals surface area contributed by atoms with Crippen LogP contribution >= 0.6 is 12.2 Å². The highest BCUT2D eigenvalue weighted by Gasteiger charge is 2.30. The van der Waals surface area contributed by atoms with Gasteiger partial charge in [-0.2, -0.15) is 13.2 Å². The first-order chi connectivity index (χ1) is 11.2. The van der Waals surface area contributed by atoms with E-state index in [1.807, 2.05) is 6.92 Å². The van der Waals surface area contributed by atoms with E-state index in [2.05, 4.69) is 24.1 Å². The van der Waals surface area contributed by atoms with Crippen LogP contribution < -0.4 is 5.32 Å². The number of thiocarbonyl (C=S) groups is 1. The summed E-state index contributed by atoms with van der Waals surface area (Å²) in [6.45, 7) is 7.58. The van der Waals surface area contributed by atoms with E-state index in [0.717, 1.165) is 30.7 Å². The third kappa shape index (κ3) is 5.94. The average molecular weight is 362 g/mol. The second-order valence-corrected chi connectivity index (χ2v) is 6.13. The van der Waals surface area contributed by atoms with Crippen LogP contribution in [0.15, 0.2) is 24.3 Å². The number of hydrogen-bond acceptors (Lipinski definition) is 3. The van der Waals surface area contributed by atoms with Crippen LogP contribution in [-0.4, -0.2) is 36.3 Å². The normalized spacial score (nSPS) is 14.3. The molecule has 1 unspecified atom stereocenters. The van der Waals surface area contributed by atoms with Crippen LogP contribution in [0.2, 0.25) is 0 Å². The first kappa shape index (κ1) is 20.7. The van der Waals surface area contributed by atoms with Gasteiger partial charge in [-0.3, -0.25) is 4.90 Å². The van der Waals surface area contributed by atoms with E-state index in [1.165, 1.54) is 7.11 Å². The van der Waals surface area contributed by atoms with Crippen molar-refractivity contribution in [2.45, 2.75) is 45.5 Å². The number of methoxy groups -OCH3 is 1. The summed E-state index contributed by atoms with van der Waals surface area (Å²) in [5, 5.41) is 3.36. The molecule has 0 amide bonds. The molecule has 3 nitrogen and oxygen atoms in total. The molecule has 0 aromatic heterocycles. The molecule has 2 atom stereocenters. The number of hydrogen-bond donors (Lipinski definition) is 1. The van der Waals surface area contributed by atoms with E-state index in [0.29, 0.717) is 11.7 Å². The molecule has 0 heterocycles. The van der Waals surface area contributed by atoms with E-state index in [9.17, 15) is 13.2 Å². The van der Waals surface area contributed by atoms with E-state index in [-0.39, 0.29) is 12.1 Å². The Kier molecular flexibility index (Phi) is 7.96. The van der Waals surface area contributed by atoms with E-state index in [1.54, 1.807) is 12.1 Å². The Morgan fingerprint density at radius 1 is 1.25 bits per heavy atom. The van der Waals surface area contributed by atoms with Crippen molar-refractivity contribution in [2.24, 2.45) is 0 Å². The van der Waals surface area contributed by atoms with Crippen molar-refractivity contribution in [3.63, 3.8) is 0 Å². The molecule has 7 heteroatoms. The van der Waals surface area contributed by atoms with Gasteiger partial charge in [0, 0.05) is 18.6 Å². The molecule has 0 saturated carbocycles. The van der Waals surface area contributed by atoms with Crippen LogP contribution in [-0.2, 0) is 10.9 Å². The van der Waals surface area contributed by atoms with Gasteiger partial charge < -0.3 is 10.1 Å². The van der Waals surface area contributed by atoms with Gasteiger partial charge in [-0.25, -0.2) is 0 Å². The predicted molar refractivity (Wildman–Crippen MR) is 93.9 cm³/mol. The lowest BCUT2D eigenvalue weighted by atomic mass is 10.0. The molecule has 0 fully saturated rings. The maximum Gasteiger partial charge on any atom is 0.416 e. The van der Waals surface area contributed by atoms with Crippen molar-refractivity contribution >= 4 is 17.4 Å². The third-order valence-electron chi connectivity index (χ3n) is 3.99. The Labute approximate surface area is 147 Å². The lowest BCUT2D eigenvalue weighted by Gasteiger charge is -2.35. The first-order valence-electron chi connectivity index (χ1n) is 7.95. The summed E-state index contributed by atoms with van der Waals surface area (Å²) in [5.74, 6) is 0. The summed E-state index contributed by atoms with van der Waals surface area (Å²) in [5.41, 5.74) is 0.235. The summed E-state index contributed by atoms with van der Waals surface area (Å²) >= 11 is 4.97. The van der Waals surface area contributed by atoms with Crippen molar-refractivity contribution in [2.75, 3.05) is 20.2 Å². The van der Waals surface area contributed by atoms with Gasteiger partial charge in [0.15, 0.2) is 0 Å². The smallest absolute Gasteiger partial charge is 0.416 e. The summed E-state index contributed by atoms with van der Waals surface area (Å²) in [7, 11) is 1.51. The molecule has 0 bridgehead atoms. The summed E-state index contributed by atoms with van der Waals surface area (Å²) in [4.78, 5) is 2.24. The monoisotopic (exact) mass is 362 g/mol. The maximum absolute atomic E-state index is 12.7. The van der Waals surface area contributed by atoms with E-state index in [4.69, 9.17) is 17.0 Å². The average Bonchev–Trinajstić information content (AvgIpc) is 2.55. The van der Waals surface area contributed by atoms with Crippen LogP contribution in [0.1, 0.15) is 44.4 Å². The molecule has 1 N–H and O–H groups in total. The minimum absolute atomic E-state index is 0.000139. The molecule has 0 aliphatic rings. The maximum atomic E-state index is 12.7. The standard InChI is InChI=1S/C17H25F3N2OS/c1-5-10-22(12(2)11-21-16(24)23-4)13(3)14-6-8-15(9-7-14)17(18,19)20/h6-9,12-13H,5,10-11H2,1-4H3,(H,21,24)/t12-,13?/m0/s1. The van der Waals surface area contributed by atoms with Crippen LogP contribution in [0, 0.1) is 0 Å². The van der Waals surface area contributed by atoms with Gasteiger partial charge in [-0.1, -0.05) is 19.1 Å². The van der Waals surface area contributed by atoms with Gasteiger partial charge in [-0.15, -0.1) is 0 Å². The molecule has 1 rings (SSSR count). The third-order valence-corrected chi connectivity index (χ3v) is 4.30. The zero-order valence-corrected chi connectivity index (χ0v) is 15.3. The van der Waals surface area contributed by atoms with Crippen molar-refractivity contribution in [1.29, 1.82) is 0 Å². The second kappa shape index (κ2) is 9.22. The SMILES string of the molecule is CCCN(C(C)c1ccc(C(F)(F)F)cc1)[C@@H](C)CNC(=S)OC. The largest absolute Gasteiger partial charge is 0.474 e. The number of benzene rings is 1. The van der Waals surface area contributed by atoms with Crippen LogP contribution in [0.25, 0.3) is 0 Å². The minimum Gasteiger partial charge on any atom is -0.474 e. The summed E-state index contributed by atoms with van der Waals surface area (Å²) < 4.78 is 43.0. The van der Waals surface area contributed by atoms with Gasteiger partial charge in [-0.05, 0) is 56.7 Å². The first-order valence-corrected chi connectivity index (χ1v) is 8.36. The highest BCUT2D eigenvalue weighted by atomic mass is 32.1. The molecule has 0 spiro atoms. The lowest BCUT2D eigenvalue weighted by molar-refractivity contribution is -0.137. The Morgan fingerprint density at radius 2 is 1.83 bits per heavy atom. The van der Waals surface area contributed by atoms with Crippen molar-refractivity contribution in [1.82, 2.24) is 10.2 Å². The summed E-state index contributed by atoms with van der Waals surface area (Å²) in [6, 6.07) is 5.53. The molecular weight excluding hydrogens is 337 g/mol. The van der Waals surface area contributed by atoms with Gasteiger partial charge >= 0.3 is 6.18 Å². The number of ether oxygens (including phenoxy) is 1. The Bertz CT molecular complexity index is 520. The number of halogens is 3. The minimum atomic E-state index is -4.31. The Morgan fingerprint density at radius 3 is 2.29 bits per heavy atom. The zero-order valence-electron chi connectivity index (χ0n) is 14.5. The highest BCUT2D eigenvalue weighted by Crippen LogP contribution is 2.31. The van der Waals surface area contributed by atoms with Crippen LogP contribution in [0.3, 0.4) is 0 Å². The topological polar surface area (TPSA) is 24.5 Å². The van der Waals surface area contributed by atoms with Gasteiger partial charge in [0.25, 0.3) is 5.17 Å². The fraction of sp³-hybridized carbons (Fsp3) is 0.588. The van der Waals surface area contributed by atoms with Crippen molar-refractivity contribution in [3.8, 4) is 0 Å². The molecule has 0 aliphatic carbocycles. The Balaban J connectivity index is 2.85. The quantitative estimate of drug-likeness (QED) is 0.727. The van der Waals surface area contributed by atoms with Gasteiger partial charge in [0.2, 0.25) is 0 Å². The van der Waals surface area contributed by atoms with Gasteiger partial charge in [0.1, 0.15) is 0 Å². The molecule has 0 radical (unpaired) electrons. The molecule has 1 aromatic carbocycles. The summed E-state index contributed by atoms with van der Waals surface area (Å²) in [6.07, 6.45) is -3.36. The molecule has 1 aromatic rings. The van der Waals surface area contributed by atoms with Crippen molar-refractivity contribution < 1.29 is 17.9 Å². The molecule has 0 saturated heterocycles. The second-order valence-electron chi connectivity index (χ2n) is 5.76. The fourth-order valence-electron chi connectivity index (χ4n) is 2.62. The number of nitrogens with one attached hydrogen (secondary N) is 1. The number of nitrogens with zero attached hydrogens (tertiary/aromatic N) is 1. The van der Waals surface area contributed by atoms with Crippen LogP contribution in [0.5, 0.6) is 0 Å². The molecular formula is C17H25F3N2OS. The lowest BCUT2D eigenvalue weighted by Crippen LogP contribution is -2.43. The number of rotatable bonds is 7. The fourth-order valence-corrected chi connectivity index (χ4v) is 2.70. The molecule has 24 heavy (non-hydrogen) atoms. The number of alkyl halides is 3. The zero-order chi connectivity index (χ0) is 18.3. The highest BCUT2D eigenvalue weighted by molar-refractivity contribution is 7.80. The molecule has 136 valence electrons. The van der Waals surface area contributed by atoms with Gasteiger partial charge in [0.05, 0.1) is 12.7 Å². The predicted octanol–water partition coefficient (Wildman–Crippen LogP) is 4.39. The molecule has 0 aliphatic heterocycles. The van der Waals surface area contributed by atoms with Crippen LogP contribution in [0.4, 0.5) is 13.2 Å².